The molecular formula is C17H26N4O2. The largest absolute Gasteiger partial charge is 0.445 e. The first-order chi connectivity index (χ1) is 11.1. The maximum absolute atomic E-state index is 12.3. The van der Waals surface area contributed by atoms with E-state index >= 15 is 0 Å². The average Bonchev–Trinajstić information content (AvgIpc) is 2.75. The molecule has 0 atom stereocenters. The number of amidine groups is 1. The molecule has 1 heterocycles. The van der Waals surface area contributed by atoms with Gasteiger partial charge in [0.25, 0.3) is 0 Å². The summed E-state index contributed by atoms with van der Waals surface area (Å²) < 4.78 is 5.43. The number of nitrogens with zero attached hydrogens (tertiary/aromatic N) is 4. The van der Waals surface area contributed by atoms with Gasteiger partial charge in [0.1, 0.15) is 12.4 Å². The third kappa shape index (κ3) is 5.16. The molecule has 0 bridgehead atoms. The van der Waals surface area contributed by atoms with E-state index < -0.39 is 0 Å². The van der Waals surface area contributed by atoms with Crippen LogP contribution >= 0.6 is 0 Å². The van der Waals surface area contributed by atoms with E-state index in [0.717, 1.165) is 30.9 Å². The molecule has 126 valence electrons. The highest BCUT2D eigenvalue weighted by Crippen LogP contribution is 2.10. The van der Waals surface area contributed by atoms with E-state index in [9.17, 15) is 4.79 Å². The number of benzene rings is 1. The van der Waals surface area contributed by atoms with Gasteiger partial charge in [-0.1, -0.05) is 30.3 Å². The highest BCUT2D eigenvalue weighted by Gasteiger charge is 2.23. The fraction of sp³-hybridized carbons (Fsp3) is 0.529. The maximum atomic E-state index is 12.3. The zero-order valence-electron chi connectivity index (χ0n) is 14.2. The van der Waals surface area contributed by atoms with Crippen LogP contribution in [0.15, 0.2) is 35.4 Å². The van der Waals surface area contributed by atoms with Gasteiger partial charge in [-0.2, -0.15) is 5.10 Å². The van der Waals surface area contributed by atoms with E-state index in [2.05, 4.69) is 16.9 Å². The fourth-order valence-electron chi connectivity index (χ4n) is 2.55. The van der Waals surface area contributed by atoms with Crippen LogP contribution in [0, 0.1) is 0 Å². The van der Waals surface area contributed by atoms with E-state index in [4.69, 9.17) is 4.74 Å². The predicted octanol–water partition coefficient (Wildman–Crippen LogP) is 2.23. The number of hydrazone groups is 1. The maximum Gasteiger partial charge on any atom is 0.410 e. The van der Waals surface area contributed by atoms with Gasteiger partial charge >= 0.3 is 6.09 Å². The molecule has 23 heavy (non-hydrogen) atoms. The van der Waals surface area contributed by atoms with Crippen LogP contribution < -0.4 is 0 Å². The number of ether oxygens (including phenoxy) is 1. The summed E-state index contributed by atoms with van der Waals surface area (Å²) >= 11 is 0. The summed E-state index contributed by atoms with van der Waals surface area (Å²) in [5.74, 6) is 1.02. The molecule has 1 aliphatic rings. The Morgan fingerprint density at radius 3 is 2.61 bits per heavy atom. The first kappa shape index (κ1) is 17.1. The van der Waals surface area contributed by atoms with Crippen molar-refractivity contribution >= 4 is 11.9 Å². The number of carbonyl (C=O) groups is 1. The Kier molecular flexibility index (Phi) is 6.26. The molecule has 1 aliphatic heterocycles. The second-order valence-corrected chi connectivity index (χ2v) is 5.72. The van der Waals surface area contributed by atoms with Crippen LogP contribution in [0.25, 0.3) is 0 Å². The number of hydrogen-bond donors (Lipinski definition) is 0. The molecule has 1 amide bonds. The van der Waals surface area contributed by atoms with Crippen molar-refractivity contribution in [2.45, 2.75) is 20.0 Å². The van der Waals surface area contributed by atoms with Crippen molar-refractivity contribution in [3.63, 3.8) is 0 Å². The molecule has 1 aromatic rings. The van der Waals surface area contributed by atoms with Crippen molar-refractivity contribution in [3.05, 3.63) is 35.9 Å². The average molecular weight is 318 g/mol. The highest BCUT2D eigenvalue weighted by atomic mass is 16.6. The zero-order chi connectivity index (χ0) is 16.7. The molecule has 6 heteroatoms. The fourth-order valence-corrected chi connectivity index (χ4v) is 2.55. The van der Waals surface area contributed by atoms with Crippen LogP contribution in [0.4, 0.5) is 4.79 Å². The lowest BCUT2D eigenvalue weighted by atomic mass is 10.2. The second-order valence-electron chi connectivity index (χ2n) is 5.72. The Hall–Kier alpha value is -2.24. The van der Waals surface area contributed by atoms with Crippen LogP contribution in [0.5, 0.6) is 0 Å². The molecule has 6 nitrogen and oxygen atoms in total. The van der Waals surface area contributed by atoms with Crippen LogP contribution in [0.2, 0.25) is 0 Å². The van der Waals surface area contributed by atoms with E-state index in [0.29, 0.717) is 19.7 Å². The van der Waals surface area contributed by atoms with E-state index in [1.54, 1.807) is 9.91 Å². The van der Waals surface area contributed by atoms with Gasteiger partial charge in [-0.05, 0) is 12.5 Å². The Bertz CT molecular complexity index is 531. The van der Waals surface area contributed by atoms with Crippen LogP contribution in [0.3, 0.4) is 0 Å². The van der Waals surface area contributed by atoms with E-state index in [1.165, 1.54) is 0 Å². The molecule has 0 saturated carbocycles. The van der Waals surface area contributed by atoms with Crippen LogP contribution in [-0.4, -0.2) is 67.0 Å². The first-order valence-electron chi connectivity index (χ1n) is 8.05. The Morgan fingerprint density at radius 1 is 1.22 bits per heavy atom. The van der Waals surface area contributed by atoms with E-state index in [-0.39, 0.29) is 6.09 Å². The van der Waals surface area contributed by atoms with Gasteiger partial charge in [-0.3, -0.25) is 0 Å². The van der Waals surface area contributed by atoms with Crippen molar-refractivity contribution in [1.29, 1.82) is 0 Å². The number of likely N-dealkylation sites (N-methyl/N-ethyl adjacent to an activating group) is 1. The SMILES string of the molecule is CCN1CCN(C(=O)OCc2ccccc2)CC/C1=N/N(C)C. The molecule has 0 spiro atoms. The Morgan fingerprint density at radius 2 is 1.96 bits per heavy atom. The minimum Gasteiger partial charge on any atom is -0.445 e. The van der Waals surface area contributed by atoms with Gasteiger partial charge in [0.15, 0.2) is 0 Å². The normalized spacial score (nSPS) is 17.1. The molecule has 0 unspecified atom stereocenters. The smallest absolute Gasteiger partial charge is 0.410 e. The quantitative estimate of drug-likeness (QED) is 0.799. The van der Waals surface area contributed by atoms with Crippen molar-refractivity contribution in [3.8, 4) is 0 Å². The summed E-state index contributed by atoms with van der Waals surface area (Å²) in [6, 6.07) is 9.74. The van der Waals surface area contributed by atoms with E-state index in [1.807, 2.05) is 44.4 Å². The predicted molar refractivity (Wildman–Crippen MR) is 91.2 cm³/mol. The Balaban J connectivity index is 1.92. The molecular weight excluding hydrogens is 292 g/mol. The Labute approximate surface area is 138 Å². The second kappa shape index (κ2) is 8.41. The number of carbonyl (C=O) groups excluding carboxylic acids is 1. The molecule has 1 fully saturated rings. The number of rotatable bonds is 4. The number of amides is 1. The highest BCUT2D eigenvalue weighted by molar-refractivity contribution is 5.83. The molecule has 0 aromatic heterocycles. The van der Waals surface area contributed by atoms with Crippen molar-refractivity contribution < 1.29 is 9.53 Å². The van der Waals surface area contributed by atoms with Gasteiger partial charge in [0.2, 0.25) is 0 Å². The third-order valence-electron chi connectivity index (χ3n) is 3.77. The monoisotopic (exact) mass is 318 g/mol. The third-order valence-corrected chi connectivity index (χ3v) is 3.77. The summed E-state index contributed by atoms with van der Waals surface area (Å²) in [5, 5.41) is 6.34. The first-order valence-corrected chi connectivity index (χ1v) is 8.05. The molecule has 0 N–H and O–H groups in total. The lowest BCUT2D eigenvalue weighted by Gasteiger charge is -2.23. The lowest BCUT2D eigenvalue weighted by Crippen LogP contribution is -2.36. The van der Waals surface area contributed by atoms with Crippen molar-refractivity contribution in [2.75, 3.05) is 40.3 Å². The summed E-state index contributed by atoms with van der Waals surface area (Å²) in [7, 11) is 3.83. The molecule has 1 saturated heterocycles. The van der Waals surface area contributed by atoms with Gasteiger partial charge in [0.05, 0.1) is 0 Å². The molecule has 1 aromatic carbocycles. The summed E-state index contributed by atoms with van der Waals surface area (Å²) in [4.78, 5) is 16.3. The van der Waals surface area contributed by atoms with Crippen molar-refractivity contribution in [1.82, 2.24) is 14.8 Å². The standard InChI is InChI=1S/C17H26N4O2/c1-4-20-12-13-21(11-10-16(20)18-19(2)3)17(22)23-14-15-8-6-5-7-9-15/h5-9H,4,10-14H2,1-3H3/b18-16-. The minimum absolute atomic E-state index is 0.254. The van der Waals surface area contributed by atoms with Gasteiger partial charge in [-0.25, -0.2) is 4.79 Å². The molecule has 2 rings (SSSR count). The van der Waals surface area contributed by atoms with Gasteiger partial charge < -0.3 is 19.5 Å². The van der Waals surface area contributed by atoms with Crippen LogP contribution in [0.1, 0.15) is 18.9 Å². The van der Waals surface area contributed by atoms with Gasteiger partial charge in [-0.15, -0.1) is 0 Å². The summed E-state index contributed by atoms with van der Waals surface area (Å²) in [6.07, 6.45) is 0.489. The summed E-state index contributed by atoms with van der Waals surface area (Å²) in [6.45, 7) is 5.38. The minimum atomic E-state index is -0.254. The summed E-state index contributed by atoms with van der Waals surface area (Å²) in [5.41, 5.74) is 1.00. The van der Waals surface area contributed by atoms with Crippen molar-refractivity contribution in [2.24, 2.45) is 5.10 Å². The molecule has 0 aliphatic carbocycles. The van der Waals surface area contributed by atoms with Gasteiger partial charge in [0, 0.05) is 46.7 Å². The van der Waals surface area contributed by atoms with Crippen LogP contribution in [-0.2, 0) is 11.3 Å². The lowest BCUT2D eigenvalue weighted by molar-refractivity contribution is 0.0974. The zero-order valence-corrected chi connectivity index (χ0v) is 14.2. The topological polar surface area (TPSA) is 48.4 Å². The number of hydrogen-bond acceptors (Lipinski definition) is 4. The molecule has 0 radical (unpaired) electrons.